The monoisotopic (exact) mass is 333 g/mol. The summed E-state index contributed by atoms with van der Waals surface area (Å²) in [4.78, 5) is 36.6. The molecule has 23 heavy (non-hydrogen) atoms. The van der Waals surface area contributed by atoms with Gasteiger partial charge in [0.1, 0.15) is 0 Å². The molecule has 0 radical (unpaired) electrons. The van der Waals surface area contributed by atoms with Crippen LogP contribution in [0.2, 0.25) is 0 Å². The fraction of sp³-hybridized carbons (Fsp3) is 0.467. The van der Waals surface area contributed by atoms with E-state index < -0.39 is 0 Å². The van der Waals surface area contributed by atoms with Crippen molar-refractivity contribution >= 4 is 22.4 Å². The molecule has 1 saturated heterocycles. The van der Waals surface area contributed by atoms with Crippen molar-refractivity contribution in [2.45, 2.75) is 31.6 Å². The van der Waals surface area contributed by atoms with Crippen molar-refractivity contribution in [2.75, 3.05) is 18.8 Å². The zero-order valence-corrected chi connectivity index (χ0v) is 13.5. The summed E-state index contributed by atoms with van der Waals surface area (Å²) in [6, 6.07) is 1.52. The molecule has 3 heterocycles. The number of thiazole rings is 1. The highest BCUT2D eigenvalue weighted by Crippen LogP contribution is 2.25. The number of carbonyl (C=O) groups is 1. The lowest BCUT2D eigenvalue weighted by molar-refractivity contribution is -0.132. The van der Waals surface area contributed by atoms with Crippen LogP contribution < -0.4 is 11.3 Å². The van der Waals surface area contributed by atoms with Gasteiger partial charge < -0.3 is 15.6 Å². The zero-order valence-electron chi connectivity index (χ0n) is 12.7. The van der Waals surface area contributed by atoms with E-state index in [4.69, 9.17) is 5.73 Å². The molecular weight excluding hydrogens is 314 g/mol. The molecule has 3 rings (SSSR count). The van der Waals surface area contributed by atoms with E-state index in [0.717, 1.165) is 30.8 Å². The van der Waals surface area contributed by atoms with E-state index in [2.05, 4.69) is 15.0 Å². The number of aromatic amines is 1. The third-order valence-corrected chi connectivity index (χ3v) is 4.78. The minimum Gasteiger partial charge on any atom is -0.375 e. The van der Waals surface area contributed by atoms with Crippen molar-refractivity contribution in [3.8, 4) is 0 Å². The normalized spacial score (nSPS) is 18.1. The quantitative estimate of drug-likeness (QED) is 0.873. The van der Waals surface area contributed by atoms with Crippen LogP contribution in [0.15, 0.2) is 22.6 Å². The largest absolute Gasteiger partial charge is 0.375 e. The Balaban J connectivity index is 1.59. The first-order chi connectivity index (χ1) is 11.1. The molecular formula is C15H19N5O2S. The van der Waals surface area contributed by atoms with Crippen LogP contribution in [-0.2, 0) is 11.2 Å². The molecule has 2 aromatic rings. The van der Waals surface area contributed by atoms with Crippen LogP contribution in [0.4, 0.5) is 5.13 Å². The van der Waals surface area contributed by atoms with Crippen molar-refractivity contribution in [1.82, 2.24) is 19.9 Å². The number of amides is 1. The molecule has 1 atom stereocenters. The predicted molar refractivity (Wildman–Crippen MR) is 88.3 cm³/mol. The lowest BCUT2D eigenvalue weighted by Crippen LogP contribution is -2.39. The van der Waals surface area contributed by atoms with Crippen LogP contribution in [0.25, 0.3) is 0 Å². The second kappa shape index (κ2) is 6.91. The Kier molecular flexibility index (Phi) is 4.71. The minimum absolute atomic E-state index is 0.117. The first-order valence-corrected chi connectivity index (χ1v) is 8.52. The maximum Gasteiger partial charge on any atom is 0.250 e. The second-order valence-electron chi connectivity index (χ2n) is 5.69. The lowest BCUT2D eigenvalue weighted by Gasteiger charge is -2.32. The van der Waals surface area contributed by atoms with Crippen molar-refractivity contribution < 1.29 is 4.79 Å². The second-order valence-corrected chi connectivity index (χ2v) is 6.58. The summed E-state index contributed by atoms with van der Waals surface area (Å²) in [6.45, 7) is 1.38. The van der Waals surface area contributed by atoms with E-state index in [1.807, 2.05) is 10.3 Å². The fourth-order valence-corrected chi connectivity index (χ4v) is 3.48. The number of aryl methyl sites for hydroxylation is 1. The van der Waals surface area contributed by atoms with Crippen LogP contribution in [0.3, 0.4) is 0 Å². The third kappa shape index (κ3) is 3.95. The Hall–Kier alpha value is -2.22. The summed E-state index contributed by atoms with van der Waals surface area (Å²) < 4.78 is 0. The van der Waals surface area contributed by atoms with Crippen molar-refractivity contribution in [1.29, 1.82) is 0 Å². The van der Waals surface area contributed by atoms with Gasteiger partial charge in [-0.25, -0.2) is 9.97 Å². The molecule has 1 unspecified atom stereocenters. The average molecular weight is 333 g/mol. The number of rotatable bonds is 4. The molecule has 1 fully saturated rings. The van der Waals surface area contributed by atoms with E-state index >= 15 is 0 Å². The molecule has 2 aromatic heterocycles. The van der Waals surface area contributed by atoms with Gasteiger partial charge >= 0.3 is 0 Å². The summed E-state index contributed by atoms with van der Waals surface area (Å²) in [7, 11) is 0. The molecule has 122 valence electrons. The van der Waals surface area contributed by atoms with Crippen LogP contribution in [0.1, 0.15) is 36.6 Å². The average Bonchev–Trinajstić information content (AvgIpc) is 2.98. The SMILES string of the molecule is Nc1nc(CCC(=O)N2CCCC(c3cc(=O)[nH]cn3)C2)cs1. The molecule has 0 aromatic carbocycles. The molecule has 7 nitrogen and oxygen atoms in total. The minimum atomic E-state index is -0.153. The zero-order chi connectivity index (χ0) is 16.2. The van der Waals surface area contributed by atoms with E-state index in [9.17, 15) is 9.59 Å². The number of hydrogen-bond acceptors (Lipinski definition) is 6. The Labute approximate surface area is 137 Å². The summed E-state index contributed by atoms with van der Waals surface area (Å²) in [5, 5.41) is 2.42. The van der Waals surface area contributed by atoms with Crippen molar-refractivity contribution in [2.24, 2.45) is 0 Å². The van der Waals surface area contributed by atoms with Gasteiger partial charge in [-0.2, -0.15) is 0 Å². The molecule has 1 amide bonds. The summed E-state index contributed by atoms with van der Waals surface area (Å²) in [5.41, 5.74) is 7.08. The van der Waals surface area contributed by atoms with Gasteiger partial charge in [0.05, 0.1) is 17.7 Å². The molecule has 0 spiro atoms. The Morgan fingerprint density at radius 1 is 1.52 bits per heavy atom. The van der Waals surface area contributed by atoms with Gasteiger partial charge in [0.15, 0.2) is 5.13 Å². The molecule has 1 aliphatic heterocycles. The predicted octanol–water partition coefficient (Wildman–Crippen LogP) is 1.15. The maximum absolute atomic E-state index is 12.4. The third-order valence-electron chi connectivity index (χ3n) is 4.06. The molecule has 8 heteroatoms. The van der Waals surface area contributed by atoms with Gasteiger partial charge in [-0.1, -0.05) is 0 Å². The van der Waals surface area contributed by atoms with E-state index in [0.29, 0.717) is 24.5 Å². The van der Waals surface area contributed by atoms with Crippen molar-refractivity contribution in [3.63, 3.8) is 0 Å². The number of likely N-dealkylation sites (tertiary alicyclic amines) is 1. The standard InChI is InChI=1S/C15H19N5O2S/c16-15-19-11(8-23-15)3-4-14(22)20-5-1-2-10(7-20)12-6-13(21)18-9-17-12/h6,8-10H,1-5,7H2,(H2,16,19)(H,17,18,21). The summed E-state index contributed by atoms with van der Waals surface area (Å²) in [6.07, 6.45) is 4.33. The number of nitrogens with zero attached hydrogens (tertiary/aromatic N) is 3. The van der Waals surface area contributed by atoms with Crippen LogP contribution in [0.5, 0.6) is 0 Å². The van der Waals surface area contributed by atoms with Crippen LogP contribution >= 0.6 is 11.3 Å². The molecule has 1 aliphatic rings. The van der Waals surface area contributed by atoms with Gasteiger partial charge in [0.25, 0.3) is 5.56 Å². The first-order valence-electron chi connectivity index (χ1n) is 7.64. The van der Waals surface area contributed by atoms with Gasteiger partial charge in [-0.3, -0.25) is 9.59 Å². The van der Waals surface area contributed by atoms with Crippen molar-refractivity contribution in [3.05, 3.63) is 39.5 Å². The number of H-pyrrole nitrogens is 1. The van der Waals surface area contributed by atoms with E-state index in [1.54, 1.807) is 0 Å². The van der Waals surface area contributed by atoms with Crippen LogP contribution in [0, 0.1) is 0 Å². The Morgan fingerprint density at radius 2 is 2.39 bits per heavy atom. The first kappa shape index (κ1) is 15.7. The maximum atomic E-state index is 12.4. The van der Waals surface area contributed by atoms with Gasteiger partial charge in [-0.15, -0.1) is 11.3 Å². The van der Waals surface area contributed by atoms with Gasteiger partial charge in [0, 0.05) is 36.9 Å². The summed E-state index contributed by atoms with van der Waals surface area (Å²) in [5.74, 6) is 0.246. The number of anilines is 1. The number of nitrogens with two attached hydrogens (primary N) is 1. The number of carbonyl (C=O) groups excluding carboxylic acids is 1. The number of piperidine rings is 1. The number of hydrogen-bond donors (Lipinski definition) is 2. The Morgan fingerprint density at radius 3 is 3.13 bits per heavy atom. The van der Waals surface area contributed by atoms with Gasteiger partial charge in [0.2, 0.25) is 5.91 Å². The van der Waals surface area contributed by atoms with Crippen LogP contribution in [-0.4, -0.2) is 38.8 Å². The Bertz CT molecular complexity index is 741. The number of aromatic nitrogens is 3. The van der Waals surface area contributed by atoms with Gasteiger partial charge in [-0.05, 0) is 19.3 Å². The highest BCUT2D eigenvalue weighted by molar-refractivity contribution is 7.13. The molecule has 0 aliphatic carbocycles. The highest BCUT2D eigenvalue weighted by Gasteiger charge is 2.25. The topological polar surface area (TPSA) is 105 Å². The molecule has 3 N–H and O–H groups in total. The number of nitrogen functional groups attached to an aromatic ring is 1. The van der Waals surface area contributed by atoms with E-state index in [1.165, 1.54) is 23.7 Å². The lowest BCUT2D eigenvalue weighted by atomic mass is 9.94. The highest BCUT2D eigenvalue weighted by atomic mass is 32.1. The summed E-state index contributed by atoms with van der Waals surface area (Å²) >= 11 is 1.39. The molecule has 0 bridgehead atoms. The van der Waals surface area contributed by atoms with E-state index in [-0.39, 0.29) is 17.4 Å². The smallest absolute Gasteiger partial charge is 0.250 e. The number of nitrogens with one attached hydrogen (secondary N) is 1. The fourth-order valence-electron chi connectivity index (χ4n) is 2.88. The molecule has 0 saturated carbocycles.